The zero-order chi connectivity index (χ0) is 19.3. The third-order valence-electron chi connectivity index (χ3n) is 5.45. The maximum Gasteiger partial charge on any atom is 0.207 e. The van der Waals surface area contributed by atoms with E-state index in [-0.39, 0.29) is 5.41 Å². The van der Waals surface area contributed by atoms with Crippen molar-refractivity contribution in [1.82, 2.24) is 14.1 Å². The van der Waals surface area contributed by atoms with Crippen LogP contribution in [0.4, 0.5) is 0 Å². The van der Waals surface area contributed by atoms with Gasteiger partial charge in [-0.25, -0.2) is 0 Å². The van der Waals surface area contributed by atoms with Crippen LogP contribution in [0, 0.1) is 0 Å². The van der Waals surface area contributed by atoms with E-state index >= 15 is 0 Å². The van der Waals surface area contributed by atoms with Gasteiger partial charge in [-0.1, -0.05) is 52.7 Å². The first-order chi connectivity index (χ1) is 13.0. The second kappa shape index (κ2) is 9.33. The summed E-state index contributed by atoms with van der Waals surface area (Å²) in [6.45, 7) is 16.8. The Balaban J connectivity index is 1.52. The van der Waals surface area contributed by atoms with E-state index in [9.17, 15) is 0 Å². The Morgan fingerprint density at radius 2 is 1.67 bits per heavy atom. The summed E-state index contributed by atoms with van der Waals surface area (Å²) in [7, 11) is 0. The Hall–Kier alpha value is -1.20. The molecule has 0 amide bonds. The predicted octanol–water partition coefficient (Wildman–Crippen LogP) is 4.47. The number of guanidine groups is 1. The molecule has 2 heterocycles. The number of unbranched alkanes of at least 4 members (excludes halogenated alkanes) is 2. The quantitative estimate of drug-likeness (QED) is 0.529. The molecular formula is C22H36N4S. The van der Waals surface area contributed by atoms with E-state index in [1.165, 1.54) is 55.3 Å². The summed E-state index contributed by atoms with van der Waals surface area (Å²) in [6, 6.07) is 9.05. The van der Waals surface area contributed by atoms with Crippen LogP contribution in [-0.4, -0.2) is 65.9 Å². The molecule has 4 nitrogen and oxygen atoms in total. The average Bonchev–Trinajstić information content (AvgIpc) is 3.10. The Labute approximate surface area is 170 Å². The lowest BCUT2D eigenvalue weighted by atomic mass is 9.87. The first kappa shape index (κ1) is 20.5. The minimum Gasteiger partial charge on any atom is -0.340 e. The van der Waals surface area contributed by atoms with Gasteiger partial charge in [-0.2, -0.15) is 0 Å². The summed E-state index contributed by atoms with van der Waals surface area (Å²) in [6.07, 6.45) is 4.00. The highest BCUT2D eigenvalue weighted by Gasteiger charge is 2.27. The van der Waals surface area contributed by atoms with Gasteiger partial charge >= 0.3 is 0 Å². The number of hydrogen-bond donors (Lipinski definition) is 0. The van der Waals surface area contributed by atoms with Crippen molar-refractivity contribution in [2.24, 2.45) is 4.99 Å². The SMILES string of the molecule is CCCCCN1CCN(C2=NCCN2Sc2ccc(C(C)(C)C)cc2)CC1. The maximum absolute atomic E-state index is 4.82. The van der Waals surface area contributed by atoms with Gasteiger partial charge in [0.1, 0.15) is 0 Å². The lowest BCUT2D eigenvalue weighted by molar-refractivity contribution is 0.174. The molecule has 3 rings (SSSR count). The van der Waals surface area contributed by atoms with Crippen LogP contribution in [-0.2, 0) is 5.41 Å². The lowest BCUT2D eigenvalue weighted by Crippen LogP contribution is -2.51. The molecule has 0 saturated carbocycles. The summed E-state index contributed by atoms with van der Waals surface area (Å²) < 4.78 is 2.39. The van der Waals surface area contributed by atoms with Crippen molar-refractivity contribution < 1.29 is 0 Å². The van der Waals surface area contributed by atoms with Crippen LogP contribution in [0.1, 0.15) is 52.5 Å². The van der Waals surface area contributed by atoms with Crippen molar-refractivity contribution in [3.63, 3.8) is 0 Å². The smallest absolute Gasteiger partial charge is 0.207 e. The highest BCUT2D eigenvalue weighted by Crippen LogP contribution is 2.29. The summed E-state index contributed by atoms with van der Waals surface area (Å²) in [5.74, 6) is 1.19. The zero-order valence-electron chi connectivity index (χ0n) is 17.6. The Morgan fingerprint density at radius 1 is 0.963 bits per heavy atom. The van der Waals surface area contributed by atoms with Crippen LogP contribution in [0.3, 0.4) is 0 Å². The third kappa shape index (κ3) is 5.64. The molecule has 2 aliphatic rings. The van der Waals surface area contributed by atoms with Crippen LogP contribution in [0.25, 0.3) is 0 Å². The van der Waals surface area contributed by atoms with Crippen molar-refractivity contribution in [3.8, 4) is 0 Å². The van der Waals surface area contributed by atoms with Gasteiger partial charge in [0.15, 0.2) is 0 Å². The normalized spacial score (nSPS) is 18.9. The van der Waals surface area contributed by atoms with Gasteiger partial charge in [-0.3, -0.25) is 14.2 Å². The van der Waals surface area contributed by atoms with E-state index in [1.807, 2.05) is 11.9 Å². The molecule has 0 unspecified atom stereocenters. The Bertz CT molecular complexity index is 612. The van der Waals surface area contributed by atoms with Gasteiger partial charge in [0.2, 0.25) is 5.96 Å². The summed E-state index contributed by atoms with van der Waals surface area (Å²) in [5.41, 5.74) is 1.60. The van der Waals surface area contributed by atoms with Crippen molar-refractivity contribution in [1.29, 1.82) is 0 Å². The number of benzene rings is 1. The van der Waals surface area contributed by atoms with Crippen LogP contribution >= 0.6 is 11.9 Å². The fraction of sp³-hybridized carbons (Fsp3) is 0.682. The van der Waals surface area contributed by atoms with Crippen molar-refractivity contribution in [2.75, 3.05) is 45.8 Å². The van der Waals surface area contributed by atoms with E-state index in [2.05, 4.69) is 66.1 Å². The van der Waals surface area contributed by atoms with Crippen molar-refractivity contribution >= 4 is 17.9 Å². The highest BCUT2D eigenvalue weighted by atomic mass is 32.2. The molecule has 0 spiro atoms. The van der Waals surface area contributed by atoms with E-state index < -0.39 is 0 Å². The van der Waals surface area contributed by atoms with Crippen LogP contribution in [0.15, 0.2) is 34.2 Å². The number of piperazine rings is 1. The zero-order valence-corrected chi connectivity index (χ0v) is 18.4. The van der Waals surface area contributed by atoms with Crippen LogP contribution < -0.4 is 0 Å². The largest absolute Gasteiger partial charge is 0.340 e. The minimum atomic E-state index is 0.209. The molecule has 27 heavy (non-hydrogen) atoms. The molecule has 5 heteroatoms. The van der Waals surface area contributed by atoms with Gasteiger partial charge in [0.05, 0.1) is 13.1 Å². The molecular weight excluding hydrogens is 352 g/mol. The monoisotopic (exact) mass is 388 g/mol. The molecule has 0 aliphatic carbocycles. The second-order valence-corrected chi connectivity index (χ2v) is 9.78. The minimum absolute atomic E-state index is 0.209. The molecule has 1 saturated heterocycles. The third-order valence-corrected chi connectivity index (χ3v) is 6.50. The molecule has 0 aromatic heterocycles. The van der Waals surface area contributed by atoms with Crippen molar-refractivity contribution in [2.45, 2.75) is 57.3 Å². The van der Waals surface area contributed by atoms with Gasteiger partial charge in [0.25, 0.3) is 0 Å². The van der Waals surface area contributed by atoms with Gasteiger partial charge in [-0.05, 0) is 48.0 Å². The van der Waals surface area contributed by atoms with Crippen LogP contribution in [0.2, 0.25) is 0 Å². The Kier molecular flexibility index (Phi) is 7.10. The number of hydrogen-bond acceptors (Lipinski definition) is 5. The van der Waals surface area contributed by atoms with Gasteiger partial charge < -0.3 is 4.90 Å². The first-order valence-corrected chi connectivity index (χ1v) is 11.3. The van der Waals surface area contributed by atoms with Gasteiger partial charge in [-0.15, -0.1) is 0 Å². The molecule has 0 radical (unpaired) electrons. The topological polar surface area (TPSA) is 22.1 Å². The lowest BCUT2D eigenvalue weighted by Gasteiger charge is -2.37. The summed E-state index contributed by atoms with van der Waals surface area (Å²) in [4.78, 5) is 11.2. The highest BCUT2D eigenvalue weighted by molar-refractivity contribution is 7.97. The molecule has 2 aliphatic heterocycles. The Morgan fingerprint density at radius 3 is 2.30 bits per heavy atom. The fourth-order valence-corrected chi connectivity index (χ4v) is 4.60. The van der Waals surface area contributed by atoms with Crippen molar-refractivity contribution in [3.05, 3.63) is 29.8 Å². The molecule has 0 atom stereocenters. The number of nitrogens with zero attached hydrogens (tertiary/aromatic N) is 4. The molecule has 0 bridgehead atoms. The molecule has 0 N–H and O–H groups in total. The number of rotatable bonds is 6. The number of aliphatic imine (C=N–C) groups is 1. The van der Waals surface area contributed by atoms with Gasteiger partial charge in [0, 0.05) is 31.1 Å². The average molecular weight is 389 g/mol. The summed E-state index contributed by atoms with van der Waals surface area (Å²) in [5, 5.41) is 0. The standard InChI is InChI=1S/C22H36N4S/c1-5-6-7-13-24-15-17-25(18-16-24)21-23-12-14-26(21)27-20-10-8-19(9-11-20)22(2,3)4/h8-11H,5-7,12-18H2,1-4H3. The first-order valence-electron chi connectivity index (χ1n) is 10.5. The fourth-order valence-electron chi connectivity index (χ4n) is 3.66. The van der Waals surface area contributed by atoms with Crippen LogP contribution in [0.5, 0.6) is 0 Å². The second-order valence-electron chi connectivity index (χ2n) is 8.69. The van der Waals surface area contributed by atoms with E-state index in [0.29, 0.717) is 0 Å². The molecule has 1 fully saturated rings. The summed E-state index contributed by atoms with van der Waals surface area (Å²) >= 11 is 1.84. The molecule has 150 valence electrons. The van der Waals surface area contributed by atoms with E-state index in [4.69, 9.17) is 4.99 Å². The van der Waals surface area contributed by atoms with E-state index in [1.54, 1.807) is 0 Å². The predicted molar refractivity (Wildman–Crippen MR) is 118 cm³/mol. The molecule has 1 aromatic carbocycles. The molecule has 1 aromatic rings. The maximum atomic E-state index is 4.82. The van der Waals surface area contributed by atoms with E-state index in [0.717, 1.165) is 26.2 Å².